The Labute approximate surface area is 78.9 Å². The van der Waals surface area contributed by atoms with Crippen molar-refractivity contribution in [3.63, 3.8) is 0 Å². The van der Waals surface area contributed by atoms with Crippen LogP contribution in [-0.4, -0.2) is 18.1 Å². The van der Waals surface area contributed by atoms with E-state index >= 15 is 0 Å². The van der Waals surface area contributed by atoms with Gasteiger partial charge in [0.25, 0.3) is 0 Å². The molecule has 1 aromatic rings. The van der Waals surface area contributed by atoms with E-state index in [-0.39, 0.29) is 0 Å². The maximum atomic E-state index is 5.44. The monoisotopic (exact) mass is 180 g/mol. The molecule has 0 unspecified atom stereocenters. The zero-order valence-electron chi connectivity index (χ0n) is 7.99. The van der Waals surface area contributed by atoms with Crippen LogP contribution in [0.2, 0.25) is 0 Å². The van der Waals surface area contributed by atoms with Gasteiger partial charge in [-0.25, -0.2) is 0 Å². The van der Waals surface area contributed by atoms with Gasteiger partial charge in [-0.2, -0.15) is 0 Å². The fourth-order valence-electron chi connectivity index (χ4n) is 0.976. The topological polar surface area (TPSA) is 48.1 Å². The van der Waals surface area contributed by atoms with Crippen LogP contribution in [0, 0.1) is 6.92 Å². The van der Waals surface area contributed by atoms with Crippen molar-refractivity contribution in [3.05, 3.63) is 24.0 Å². The third-order valence-electron chi connectivity index (χ3n) is 1.75. The Morgan fingerprint density at radius 1 is 1.38 bits per heavy atom. The summed E-state index contributed by atoms with van der Waals surface area (Å²) in [7, 11) is 0. The molecular weight excluding hydrogens is 164 g/mol. The van der Waals surface area contributed by atoms with Crippen molar-refractivity contribution in [2.24, 2.45) is 5.73 Å². The van der Waals surface area contributed by atoms with Crippen molar-refractivity contribution in [1.29, 1.82) is 0 Å². The molecule has 2 N–H and O–H groups in total. The average molecular weight is 180 g/mol. The van der Waals surface area contributed by atoms with Crippen molar-refractivity contribution in [2.75, 3.05) is 13.2 Å². The fourth-order valence-corrected chi connectivity index (χ4v) is 0.976. The minimum absolute atomic E-state index is 0.724. The van der Waals surface area contributed by atoms with E-state index in [2.05, 4.69) is 4.98 Å². The first-order valence-corrected chi connectivity index (χ1v) is 4.58. The van der Waals surface area contributed by atoms with E-state index in [0.29, 0.717) is 0 Å². The number of aryl methyl sites for hydroxylation is 1. The lowest BCUT2D eigenvalue weighted by Crippen LogP contribution is -2.03. The minimum atomic E-state index is 0.724. The smallest absolute Gasteiger partial charge is 0.137 e. The van der Waals surface area contributed by atoms with Gasteiger partial charge in [-0.15, -0.1) is 0 Å². The molecule has 0 saturated heterocycles. The number of hydrogen-bond donors (Lipinski definition) is 1. The summed E-state index contributed by atoms with van der Waals surface area (Å²) in [6.45, 7) is 3.41. The molecule has 0 spiro atoms. The molecule has 0 aliphatic carbocycles. The number of pyridine rings is 1. The van der Waals surface area contributed by atoms with Crippen molar-refractivity contribution in [1.82, 2.24) is 4.98 Å². The number of unbranched alkanes of at least 4 members (excludes halogenated alkanes) is 1. The van der Waals surface area contributed by atoms with Crippen LogP contribution in [-0.2, 0) is 0 Å². The number of hydrogen-bond acceptors (Lipinski definition) is 3. The van der Waals surface area contributed by atoms with Crippen LogP contribution in [0.15, 0.2) is 18.3 Å². The summed E-state index contributed by atoms with van der Waals surface area (Å²) in [4.78, 5) is 4.13. The molecule has 3 nitrogen and oxygen atoms in total. The number of nitrogens with two attached hydrogens (primary N) is 1. The zero-order valence-corrected chi connectivity index (χ0v) is 7.99. The van der Waals surface area contributed by atoms with Crippen LogP contribution < -0.4 is 10.5 Å². The Bertz CT molecular complexity index is 233. The summed E-state index contributed by atoms with van der Waals surface area (Å²) in [5.74, 6) is 0.836. The standard InChI is InChI=1S/C10H16N2O/c1-9-4-5-10(8-12-9)13-7-3-2-6-11/h4-5,8H,2-3,6-7,11H2,1H3. The molecular formula is C10H16N2O. The van der Waals surface area contributed by atoms with Crippen LogP contribution in [0.25, 0.3) is 0 Å². The van der Waals surface area contributed by atoms with Gasteiger partial charge in [0.1, 0.15) is 5.75 Å². The van der Waals surface area contributed by atoms with E-state index in [0.717, 1.165) is 37.4 Å². The van der Waals surface area contributed by atoms with Gasteiger partial charge in [-0.3, -0.25) is 4.98 Å². The molecule has 1 rings (SSSR count). The Kier molecular flexibility index (Phi) is 4.26. The lowest BCUT2D eigenvalue weighted by atomic mass is 10.3. The van der Waals surface area contributed by atoms with Crippen LogP contribution in [0.3, 0.4) is 0 Å². The van der Waals surface area contributed by atoms with E-state index < -0.39 is 0 Å². The third-order valence-corrected chi connectivity index (χ3v) is 1.75. The second-order valence-corrected chi connectivity index (χ2v) is 2.98. The van der Waals surface area contributed by atoms with Gasteiger partial charge < -0.3 is 10.5 Å². The molecule has 0 aromatic carbocycles. The predicted octanol–water partition coefficient (Wildman–Crippen LogP) is 1.51. The number of rotatable bonds is 5. The van der Waals surface area contributed by atoms with Crippen LogP contribution in [0.4, 0.5) is 0 Å². The van der Waals surface area contributed by atoms with Gasteiger partial charge in [-0.1, -0.05) is 0 Å². The fraction of sp³-hybridized carbons (Fsp3) is 0.500. The molecule has 0 bridgehead atoms. The number of ether oxygens (including phenoxy) is 1. The highest BCUT2D eigenvalue weighted by Crippen LogP contribution is 2.08. The van der Waals surface area contributed by atoms with Gasteiger partial charge in [0.15, 0.2) is 0 Å². The lowest BCUT2D eigenvalue weighted by molar-refractivity contribution is 0.306. The molecule has 0 fully saturated rings. The molecule has 0 radical (unpaired) electrons. The molecule has 3 heteroatoms. The summed E-state index contributed by atoms with van der Waals surface area (Å²) in [6, 6.07) is 3.88. The van der Waals surface area contributed by atoms with E-state index in [1.165, 1.54) is 0 Å². The van der Waals surface area contributed by atoms with Gasteiger partial charge in [0, 0.05) is 5.69 Å². The summed E-state index contributed by atoms with van der Waals surface area (Å²) >= 11 is 0. The lowest BCUT2D eigenvalue weighted by Gasteiger charge is -2.04. The second kappa shape index (κ2) is 5.54. The van der Waals surface area contributed by atoms with E-state index in [1.807, 2.05) is 19.1 Å². The summed E-state index contributed by atoms with van der Waals surface area (Å²) in [5.41, 5.74) is 6.37. The summed E-state index contributed by atoms with van der Waals surface area (Å²) < 4.78 is 5.44. The van der Waals surface area contributed by atoms with Gasteiger partial charge in [0.05, 0.1) is 12.8 Å². The van der Waals surface area contributed by atoms with Gasteiger partial charge in [-0.05, 0) is 38.4 Å². The maximum absolute atomic E-state index is 5.44. The Balaban J connectivity index is 2.25. The quantitative estimate of drug-likeness (QED) is 0.699. The van der Waals surface area contributed by atoms with Crippen molar-refractivity contribution < 1.29 is 4.74 Å². The van der Waals surface area contributed by atoms with Gasteiger partial charge >= 0.3 is 0 Å². The SMILES string of the molecule is Cc1ccc(OCCCCN)cn1. The Hall–Kier alpha value is -1.09. The summed E-state index contributed by atoms with van der Waals surface area (Å²) in [5, 5.41) is 0. The van der Waals surface area contributed by atoms with E-state index in [4.69, 9.17) is 10.5 Å². The first-order valence-electron chi connectivity index (χ1n) is 4.58. The third kappa shape index (κ3) is 3.90. The molecule has 13 heavy (non-hydrogen) atoms. The molecule has 1 heterocycles. The molecule has 0 aliphatic heterocycles. The molecule has 1 aromatic heterocycles. The van der Waals surface area contributed by atoms with Crippen molar-refractivity contribution >= 4 is 0 Å². The van der Waals surface area contributed by atoms with E-state index in [9.17, 15) is 0 Å². The predicted molar refractivity (Wildman–Crippen MR) is 52.8 cm³/mol. The molecule has 72 valence electrons. The van der Waals surface area contributed by atoms with Crippen LogP contribution in [0.5, 0.6) is 5.75 Å². The van der Waals surface area contributed by atoms with Crippen molar-refractivity contribution in [2.45, 2.75) is 19.8 Å². The highest BCUT2D eigenvalue weighted by molar-refractivity contribution is 5.18. The Morgan fingerprint density at radius 3 is 2.85 bits per heavy atom. The highest BCUT2D eigenvalue weighted by atomic mass is 16.5. The second-order valence-electron chi connectivity index (χ2n) is 2.98. The normalized spacial score (nSPS) is 10.0. The summed E-state index contributed by atoms with van der Waals surface area (Å²) in [6.07, 6.45) is 3.77. The van der Waals surface area contributed by atoms with Crippen molar-refractivity contribution in [3.8, 4) is 5.75 Å². The molecule has 0 saturated carbocycles. The first-order chi connectivity index (χ1) is 6.33. The van der Waals surface area contributed by atoms with Crippen LogP contribution in [0.1, 0.15) is 18.5 Å². The highest BCUT2D eigenvalue weighted by Gasteiger charge is 1.92. The molecule has 0 amide bonds. The first kappa shape index (κ1) is 9.99. The average Bonchev–Trinajstić information content (AvgIpc) is 2.15. The molecule has 0 atom stereocenters. The van der Waals surface area contributed by atoms with Crippen LogP contribution >= 0.6 is 0 Å². The zero-order chi connectivity index (χ0) is 9.52. The molecule has 0 aliphatic rings. The Morgan fingerprint density at radius 2 is 2.23 bits per heavy atom. The van der Waals surface area contributed by atoms with Gasteiger partial charge in [0.2, 0.25) is 0 Å². The maximum Gasteiger partial charge on any atom is 0.137 e. The largest absolute Gasteiger partial charge is 0.492 e. The number of aromatic nitrogens is 1. The minimum Gasteiger partial charge on any atom is -0.492 e. The number of nitrogens with zero attached hydrogens (tertiary/aromatic N) is 1. The van der Waals surface area contributed by atoms with E-state index in [1.54, 1.807) is 6.20 Å².